The van der Waals surface area contributed by atoms with Crippen molar-refractivity contribution in [1.82, 2.24) is 15.5 Å². The average molecular weight is 1350 g/mol. The summed E-state index contributed by atoms with van der Waals surface area (Å²) >= 11 is 16.8. The molecule has 5 amide bonds. The molecule has 4 bridgehead atoms. The van der Waals surface area contributed by atoms with Crippen molar-refractivity contribution in [2.75, 3.05) is 38.0 Å². The number of halogens is 4. The third kappa shape index (κ3) is 19.7. The molecule has 2 aromatic carbocycles. The van der Waals surface area contributed by atoms with Gasteiger partial charge in [-0.3, -0.25) is 28.8 Å². The maximum atomic E-state index is 16.3. The number of alkyl halides is 1. The molecule has 2 aromatic rings. The summed E-state index contributed by atoms with van der Waals surface area (Å²) in [6, 6.07) is 2.20. The van der Waals surface area contributed by atoms with Crippen molar-refractivity contribution in [3.05, 3.63) is 98.3 Å². The standard InChI is InChI=1S/C65H87BrCl2FN5O15/c1-35(2)44(29-43(75)19-14-15-22-63(8,9)89-60(81)38(5)34-66)58(79)72-48(20-17-23-71-62(70)83)50(76)28-42-27-46(67)45(30-47(42)69)59(80)73(11)40(7)61(82)87-53-31-54(77)74(12)49-26-41(25-37(4)56(49)68)24-36(3)18-16-21-52(85-13)65(84)32-51(86-55(78)33-65)39(6)57-64(53,10)88-57/h16,18,21,25-27,30,35,39-40,44,48,51-53,57,84H,5,14-15,17,19-20,22-24,28-29,31-34H2,1-4,6-13H3,(H,72,79)(H3,70,71,83)/b21-16+,36-18+/t39-,40+,44+,48+,51+,52-,53+,57+,64+,65-/m1/s1. The summed E-state index contributed by atoms with van der Waals surface area (Å²) in [7, 11) is 4.25. The highest BCUT2D eigenvalue weighted by atomic mass is 79.9. The van der Waals surface area contributed by atoms with Crippen molar-refractivity contribution in [3.63, 3.8) is 0 Å². The molecular formula is C65H87BrCl2FN5O15. The molecule has 0 spiro atoms. The van der Waals surface area contributed by atoms with Gasteiger partial charge in [0, 0.05) is 76.2 Å². The average Bonchev–Trinajstić information content (AvgIpc) is 1.63. The van der Waals surface area contributed by atoms with Gasteiger partial charge in [-0.15, -0.1) is 0 Å². The van der Waals surface area contributed by atoms with E-state index in [1.54, 1.807) is 66.8 Å². The van der Waals surface area contributed by atoms with Gasteiger partial charge in [0.2, 0.25) is 11.8 Å². The second-order valence-corrected chi connectivity index (χ2v) is 26.3. The maximum Gasteiger partial charge on any atom is 0.334 e. The van der Waals surface area contributed by atoms with Crippen LogP contribution >= 0.6 is 39.1 Å². The number of nitrogens with one attached hydrogen (secondary N) is 2. The van der Waals surface area contributed by atoms with Crippen molar-refractivity contribution < 1.29 is 76.3 Å². The van der Waals surface area contributed by atoms with E-state index in [4.69, 9.17) is 52.6 Å². The number of epoxide rings is 1. The van der Waals surface area contributed by atoms with E-state index in [1.165, 1.54) is 26.0 Å². The Bertz CT molecular complexity index is 3080. The lowest BCUT2D eigenvalue weighted by Gasteiger charge is -2.41. The monoisotopic (exact) mass is 1350 g/mol. The van der Waals surface area contributed by atoms with Crippen molar-refractivity contribution in [2.24, 2.45) is 23.5 Å². The number of anilines is 1. The van der Waals surface area contributed by atoms with Crippen LogP contribution in [0.25, 0.3) is 0 Å². The number of hydrogen-bond donors (Lipinski definition) is 4. The van der Waals surface area contributed by atoms with Gasteiger partial charge in [0.25, 0.3) is 5.91 Å². The first kappa shape index (κ1) is 73.7. The summed E-state index contributed by atoms with van der Waals surface area (Å²) in [6.45, 7) is 19.3. The summed E-state index contributed by atoms with van der Waals surface area (Å²) in [5, 5.41) is 17.5. The van der Waals surface area contributed by atoms with Crippen LogP contribution in [0.2, 0.25) is 10.0 Å². The van der Waals surface area contributed by atoms with Gasteiger partial charge in [0.15, 0.2) is 5.78 Å². The Balaban J connectivity index is 1.33. The second-order valence-electron chi connectivity index (χ2n) is 25.0. The molecule has 20 nitrogen and oxygen atoms in total. The SMILES string of the molecule is C=C(CBr)C(=O)OC(C)(C)CCCCC(=O)C[C@H](C(=O)N[C@@H](CCCNC(N)=O)C(=O)Cc1cc(Cl)c(C(=O)N(C)[C@@H](C)C(=O)O[C@H]2CC(=O)N(C)c3cc(cc(C)c3Cl)C/C(C)=C/C=C/[C@@H](OC)[C@]3(O)CC(=O)O[C@@H](C3)[C@@H](C)[C@@H]3O[C@@]23C)cc1F)C(C)C. The molecule has 3 aliphatic rings. The number of Topliss-reactive ketones (excluding diaryl/α,β-unsaturated/α-hetero) is 2. The van der Waals surface area contributed by atoms with Gasteiger partial charge < -0.3 is 55.0 Å². The fourth-order valence-corrected chi connectivity index (χ4v) is 12.0. The fourth-order valence-electron chi connectivity index (χ4n) is 11.2. The van der Waals surface area contributed by atoms with Crippen molar-refractivity contribution in [2.45, 2.75) is 193 Å². The minimum atomic E-state index is -1.68. The Morgan fingerprint density at radius 2 is 1.74 bits per heavy atom. The largest absolute Gasteiger partial charge is 0.462 e. The zero-order chi connectivity index (χ0) is 66.6. The Morgan fingerprint density at radius 1 is 1.06 bits per heavy atom. The molecule has 5 rings (SSSR count). The summed E-state index contributed by atoms with van der Waals surface area (Å²) in [6.07, 6.45) is 2.06. The van der Waals surface area contributed by atoms with E-state index in [0.717, 1.165) is 28.2 Å². The number of carbonyl (C=O) groups excluding carboxylic acids is 9. The maximum absolute atomic E-state index is 16.3. The molecule has 89 heavy (non-hydrogen) atoms. The molecule has 0 saturated carbocycles. The topological polar surface area (TPSA) is 280 Å². The molecule has 0 unspecified atom stereocenters. The third-order valence-electron chi connectivity index (χ3n) is 17.0. The second kappa shape index (κ2) is 31.8. The van der Waals surface area contributed by atoms with Crippen molar-refractivity contribution >= 4 is 98.0 Å². The number of aryl methyl sites for hydroxylation is 1. The van der Waals surface area contributed by atoms with Crippen LogP contribution in [-0.4, -0.2) is 150 Å². The molecule has 490 valence electrons. The molecule has 0 aliphatic carbocycles. The summed E-state index contributed by atoms with van der Waals surface area (Å²) in [5.41, 5.74) is 3.92. The number of ether oxygens (including phenoxy) is 5. The van der Waals surface area contributed by atoms with Crippen LogP contribution in [-0.2, 0) is 70.1 Å². The molecule has 24 heteroatoms. The van der Waals surface area contributed by atoms with Crippen LogP contribution < -0.4 is 21.3 Å². The highest BCUT2D eigenvalue weighted by molar-refractivity contribution is 9.09. The summed E-state index contributed by atoms with van der Waals surface area (Å²) in [4.78, 5) is 124. The number of methoxy groups -OCH3 is 1. The van der Waals surface area contributed by atoms with E-state index in [1.807, 2.05) is 26.0 Å². The number of aliphatic hydroxyl groups is 1. The number of likely N-dealkylation sites (N-methyl/N-ethyl adjacent to an activating group) is 1. The van der Waals surface area contributed by atoms with E-state index in [0.29, 0.717) is 42.0 Å². The lowest BCUT2D eigenvalue weighted by Crippen LogP contribution is -2.53. The van der Waals surface area contributed by atoms with Gasteiger partial charge in [0.05, 0.1) is 46.3 Å². The highest BCUT2D eigenvalue weighted by Crippen LogP contribution is 2.50. The quantitative estimate of drug-likeness (QED) is 0.0180. The number of primary amides is 1. The number of benzene rings is 2. The van der Waals surface area contributed by atoms with E-state index >= 15 is 4.39 Å². The number of fused-ring (bicyclic) bond motifs is 5. The fraction of sp³-hybridized carbons (Fsp3) is 0.585. The first-order valence-electron chi connectivity index (χ1n) is 29.9. The summed E-state index contributed by atoms with van der Waals surface area (Å²) < 4.78 is 45.9. The van der Waals surface area contributed by atoms with Crippen LogP contribution in [0.4, 0.5) is 14.9 Å². The van der Waals surface area contributed by atoms with Crippen LogP contribution in [0, 0.1) is 30.5 Å². The number of nitrogens with zero attached hydrogens (tertiary/aromatic N) is 2. The van der Waals surface area contributed by atoms with Gasteiger partial charge in [-0.2, -0.15) is 0 Å². The number of carbonyl (C=O) groups is 9. The molecule has 10 atom stereocenters. The Labute approximate surface area is 539 Å². The molecule has 0 radical (unpaired) electrons. The minimum Gasteiger partial charge on any atom is -0.462 e. The van der Waals surface area contributed by atoms with Crippen LogP contribution in [0.5, 0.6) is 0 Å². The Morgan fingerprint density at radius 3 is 2.38 bits per heavy atom. The van der Waals surface area contributed by atoms with E-state index in [2.05, 4.69) is 33.1 Å². The zero-order valence-corrected chi connectivity index (χ0v) is 56.1. The van der Waals surface area contributed by atoms with E-state index in [9.17, 15) is 48.3 Å². The number of nitrogens with two attached hydrogens (primary N) is 1. The smallest absolute Gasteiger partial charge is 0.334 e. The van der Waals surface area contributed by atoms with Crippen LogP contribution in [0.1, 0.15) is 147 Å². The number of esters is 3. The number of amides is 5. The van der Waals surface area contributed by atoms with Crippen LogP contribution in [0.15, 0.2) is 60.2 Å². The molecule has 0 aromatic heterocycles. The zero-order valence-electron chi connectivity index (χ0n) is 53.0. The number of urea groups is 1. The number of unbranched alkanes of at least 4 members (excludes halogenated alkanes) is 1. The lowest BCUT2D eigenvalue weighted by atomic mass is 9.78. The predicted molar refractivity (Wildman–Crippen MR) is 338 cm³/mol. The first-order valence-corrected chi connectivity index (χ1v) is 31.8. The predicted octanol–water partition coefficient (Wildman–Crippen LogP) is 9.28. The number of hydrogen-bond acceptors (Lipinski definition) is 15. The van der Waals surface area contributed by atoms with Crippen molar-refractivity contribution in [1.29, 1.82) is 0 Å². The molecular weight excluding hydrogens is 1260 g/mol. The van der Waals surface area contributed by atoms with E-state index < -0.39 is 131 Å². The number of ketones is 2. The molecule has 2 fully saturated rings. The minimum absolute atomic E-state index is 0.0123. The molecule has 5 N–H and O–H groups in total. The van der Waals surface area contributed by atoms with Gasteiger partial charge in [-0.05, 0) is 121 Å². The number of allylic oxidation sites excluding steroid dienone is 3. The highest BCUT2D eigenvalue weighted by Gasteiger charge is 2.64. The third-order valence-corrected chi connectivity index (χ3v) is 18.5. The normalized spacial score (nSPS) is 24.1. The molecule has 3 aliphatic heterocycles. The van der Waals surface area contributed by atoms with Gasteiger partial charge >= 0.3 is 23.9 Å². The first-order chi connectivity index (χ1) is 41.6. The van der Waals surface area contributed by atoms with E-state index in [-0.39, 0.29) is 83.8 Å². The Kier molecular flexibility index (Phi) is 26.3. The Hall–Kier alpha value is -6.04. The molecule has 3 heterocycles. The van der Waals surface area contributed by atoms with Crippen LogP contribution in [0.3, 0.4) is 0 Å². The van der Waals surface area contributed by atoms with Crippen molar-refractivity contribution in [3.8, 4) is 0 Å². The molecule has 2 saturated heterocycles. The van der Waals surface area contributed by atoms with Gasteiger partial charge in [-0.25, -0.2) is 18.8 Å². The van der Waals surface area contributed by atoms with Gasteiger partial charge in [0.1, 0.15) is 52.8 Å². The lowest BCUT2D eigenvalue weighted by molar-refractivity contribution is -0.187. The van der Waals surface area contributed by atoms with Gasteiger partial charge in [-0.1, -0.05) is 96.3 Å². The number of rotatable bonds is 25. The summed E-state index contributed by atoms with van der Waals surface area (Å²) in [5.74, 6) is -7.84.